The van der Waals surface area contributed by atoms with Crippen molar-refractivity contribution >= 4 is 11.9 Å². The lowest BCUT2D eigenvalue weighted by Gasteiger charge is -2.20. The minimum absolute atomic E-state index is 0.264. The van der Waals surface area contributed by atoms with Crippen molar-refractivity contribution in [2.24, 2.45) is 5.41 Å². The number of amides is 1. The van der Waals surface area contributed by atoms with Crippen molar-refractivity contribution in [3.63, 3.8) is 0 Å². The summed E-state index contributed by atoms with van der Waals surface area (Å²) >= 11 is 0. The van der Waals surface area contributed by atoms with Crippen molar-refractivity contribution in [3.8, 4) is 0 Å². The molecule has 1 saturated carbocycles. The molecule has 1 amide bonds. The van der Waals surface area contributed by atoms with Crippen LogP contribution in [0.5, 0.6) is 0 Å². The van der Waals surface area contributed by atoms with Gasteiger partial charge < -0.3 is 15.3 Å². The summed E-state index contributed by atoms with van der Waals surface area (Å²) in [5, 5.41) is 11.8. The number of likely N-dealkylation sites (N-methyl/N-ethyl adjacent to an activating group) is 2. The molecule has 0 heterocycles. The number of hydrogen-bond donors (Lipinski definition) is 2. The van der Waals surface area contributed by atoms with Crippen molar-refractivity contribution in [2.45, 2.75) is 12.8 Å². The molecule has 14 heavy (non-hydrogen) atoms. The van der Waals surface area contributed by atoms with E-state index in [1.54, 1.807) is 14.1 Å². The Balaban J connectivity index is 2.52. The number of nitrogens with one attached hydrogen (secondary N) is 1. The number of carbonyl (C=O) groups excluding carboxylic acids is 1. The van der Waals surface area contributed by atoms with E-state index in [1.807, 2.05) is 0 Å². The predicted molar refractivity (Wildman–Crippen MR) is 50.9 cm³/mol. The highest BCUT2D eigenvalue weighted by atomic mass is 16.4. The van der Waals surface area contributed by atoms with Crippen molar-refractivity contribution in [3.05, 3.63) is 0 Å². The lowest BCUT2D eigenvalue weighted by molar-refractivity contribution is -0.152. The Morgan fingerprint density at radius 1 is 1.50 bits per heavy atom. The second-order valence-corrected chi connectivity index (χ2v) is 3.72. The van der Waals surface area contributed by atoms with Crippen LogP contribution in [0.1, 0.15) is 12.8 Å². The van der Waals surface area contributed by atoms with E-state index in [9.17, 15) is 9.59 Å². The van der Waals surface area contributed by atoms with Gasteiger partial charge in [0.2, 0.25) is 5.91 Å². The molecule has 0 aromatic heterocycles. The molecule has 5 nitrogen and oxygen atoms in total. The third-order valence-electron chi connectivity index (χ3n) is 2.61. The van der Waals surface area contributed by atoms with Gasteiger partial charge >= 0.3 is 5.97 Å². The maximum Gasteiger partial charge on any atom is 0.319 e. The zero-order valence-corrected chi connectivity index (χ0v) is 8.54. The second-order valence-electron chi connectivity index (χ2n) is 3.72. The van der Waals surface area contributed by atoms with Gasteiger partial charge in [-0.2, -0.15) is 0 Å². The normalized spacial score (nSPS) is 17.6. The van der Waals surface area contributed by atoms with Crippen LogP contribution >= 0.6 is 0 Å². The molecule has 1 rings (SSSR count). The van der Waals surface area contributed by atoms with Crippen LogP contribution in [0.4, 0.5) is 0 Å². The molecule has 0 aliphatic heterocycles. The number of nitrogens with zero attached hydrogens (tertiary/aromatic N) is 1. The molecular weight excluding hydrogens is 184 g/mol. The van der Waals surface area contributed by atoms with Gasteiger partial charge in [0.25, 0.3) is 0 Å². The summed E-state index contributed by atoms with van der Waals surface area (Å²) in [6.07, 6.45) is 0.954. The predicted octanol–water partition coefficient (Wildman–Crippen LogP) is -0.471. The molecule has 5 heteroatoms. The highest BCUT2D eigenvalue weighted by Crippen LogP contribution is 2.47. The average Bonchev–Trinajstić information content (AvgIpc) is 2.93. The quantitative estimate of drug-likeness (QED) is 0.589. The molecule has 0 radical (unpaired) electrons. The summed E-state index contributed by atoms with van der Waals surface area (Å²) in [5.41, 5.74) is -1.09. The average molecular weight is 200 g/mol. The molecule has 2 N–H and O–H groups in total. The maximum atomic E-state index is 11.7. The van der Waals surface area contributed by atoms with Crippen LogP contribution in [0.25, 0.3) is 0 Å². The van der Waals surface area contributed by atoms with Crippen molar-refractivity contribution < 1.29 is 14.7 Å². The van der Waals surface area contributed by atoms with E-state index >= 15 is 0 Å². The SMILES string of the molecule is CNCCN(C)C(=O)C1(C(=O)O)CC1. The van der Waals surface area contributed by atoms with Crippen LogP contribution in [-0.4, -0.2) is 49.1 Å². The summed E-state index contributed by atoms with van der Waals surface area (Å²) < 4.78 is 0. The Hall–Kier alpha value is -1.10. The fourth-order valence-electron chi connectivity index (χ4n) is 1.39. The van der Waals surface area contributed by atoms with Gasteiger partial charge in [-0.05, 0) is 19.9 Å². The Labute approximate surface area is 83.1 Å². The summed E-state index contributed by atoms with van der Waals surface area (Å²) in [6, 6.07) is 0. The number of rotatable bonds is 5. The minimum Gasteiger partial charge on any atom is -0.480 e. The van der Waals surface area contributed by atoms with Gasteiger partial charge in [0.05, 0.1) is 0 Å². The fourth-order valence-corrected chi connectivity index (χ4v) is 1.39. The largest absolute Gasteiger partial charge is 0.480 e. The van der Waals surface area contributed by atoms with Crippen LogP contribution in [-0.2, 0) is 9.59 Å². The first kappa shape index (κ1) is 11.0. The molecule has 0 unspecified atom stereocenters. The van der Waals surface area contributed by atoms with Crippen LogP contribution in [0.15, 0.2) is 0 Å². The number of aliphatic carboxylic acids is 1. The summed E-state index contributed by atoms with van der Waals surface area (Å²) in [4.78, 5) is 24.0. The van der Waals surface area contributed by atoms with E-state index in [0.29, 0.717) is 25.9 Å². The van der Waals surface area contributed by atoms with Crippen LogP contribution in [0.2, 0.25) is 0 Å². The van der Waals surface area contributed by atoms with Crippen LogP contribution in [0, 0.1) is 5.41 Å². The van der Waals surface area contributed by atoms with E-state index in [4.69, 9.17) is 5.11 Å². The van der Waals surface area contributed by atoms with Gasteiger partial charge in [-0.25, -0.2) is 0 Å². The van der Waals surface area contributed by atoms with Gasteiger partial charge in [0.15, 0.2) is 0 Å². The van der Waals surface area contributed by atoms with Gasteiger partial charge in [-0.15, -0.1) is 0 Å². The summed E-state index contributed by atoms with van der Waals surface area (Å²) in [7, 11) is 3.44. The zero-order valence-electron chi connectivity index (χ0n) is 8.54. The van der Waals surface area contributed by atoms with Crippen LogP contribution < -0.4 is 5.32 Å². The smallest absolute Gasteiger partial charge is 0.319 e. The second kappa shape index (κ2) is 3.96. The van der Waals surface area contributed by atoms with E-state index < -0.39 is 11.4 Å². The first-order valence-electron chi connectivity index (χ1n) is 4.68. The molecule has 1 aliphatic carbocycles. The van der Waals surface area contributed by atoms with E-state index in [1.165, 1.54) is 4.90 Å². The number of carboxylic acid groups (broad SMARTS) is 1. The topological polar surface area (TPSA) is 69.6 Å². The van der Waals surface area contributed by atoms with Crippen molar-refractivity contribution in [1.82, 2.24) is 10.2 Å². The highest BCUT2D eigenvalue weighted by Gasteiger charge is 2.58. The molecule has 1 fully saturated rings. The Kier molecular flexibility index (Phi) is 3.10. The first-order valence-corrected chi connectivity index (χ1v) is 4.68. The lowest BCUT2D eigenvalue weighted by atomic mass is 10.1. The zero-order chi connectivity index (χ0) is 10.8. The summed E-state index contributed by atoms with van der Waals surface area (Å²) in [5.74, 6) is -1.25. The Bertz CT molecular complexity index is 248. The molecule has 0 bridgehead atoms. The molecule has 80 valence electrons. The standard InChI is InChI=1S/C9H16N2O3/c1-10-5-6-11(2)7(12)9(3-4-9)8(13)14/h10H,3-6H2,1-2H3,(H,13,14). The fraction of sp³-hybridized carbons (Fsp3) is 0.778. The molecule has 0 aromatic carbocycles. The first-order chi connectivity index (χ1) is 6.54. The van der Waals surface area contributed by atoms with Gasteiger partial charge in [0.1, 0.15) is 5.41 Å². The molecule has 0 atom stereocenters. The Morgan fingerprint density at radius 3 is 2.43 bits per heavy atom. The van der Waals surface area contributed by atoms with Gasteiger partial charge in [-0.3, -0.25) is 9.59 Å². The van der Waals surface area contributed by atoms with Crippen molar-refractivity contribution in [1.29, 1.82) is 0 Å². The van der Waals surface area contributed by atoms with Crippen molar-refractivity contribution in [2.75, 3.05) is 27.2 Å². The van der Waals surface area contributed by atoms with Crippen LogP contribution in [0.3, 0.4) is 0 Å². The molecule has 1 aliphatic rings. The monoisotopic (exact) mass is 200 g/mol. The number of hydrogen-bond acceptors (Lipinski definition) is 3. The number of carbonyl (C=O) groups is 2. The molecule has 0 aromatic rings. The third kappa shape index (κ3) is 1.87. The summed E-state index contributed by atoms with van der Waals surface area (Å²) in [6.45, 7) is 1.22. The van der Waals surface area contributed by atoms with E-state index in [0.717, 1.165) is 0 Å². The van der Waals surface area contributed by atoms with E-state index in [2.05, 4.69) is 5.32 Å². The highest BCUT2D eigenvalue weighted by molar-refractivity contribution is 6.04. The van der Waals surface area contributed by atoms with Gasteiger partial charge in [0, 0.05) is 20.1 Å². The third-order valence-corrected chi connectivity index (χ3v) is 2.61. The number of carboxylic acids is 1. The maximum absolute atomic E-state index is 11.7. The van der Waals surface area contributed by atoms with Gasteiger partial charge in [-0.1, -0.05) is 0 Å². The lowest BCUT2D eigenvalue weighted by Crippen LogP contribution is -2.41. The Morgan fingerprint density at radius 2 is 2.07 bits per heavy atom. The minimum atomic E-state index is -1.09. The molecule has 0 spiro atoms. The molecular formula is C9H16N2O3. The van der Waals surface area contributed by atoms with E-state index in [-0.39, 0.29) is 5.91 Å². The molecule has 0 saturated heterocycles.